The summed E-state index contributed by atoms with van der Waals surface area (Å²) in [6.45, 7) is 1.52. The molecule has 4 nitrogen and oxygen atoms in total. The van der Waals surface area contributed by atoms with Gasteiger partial charge in [-0.1, -0.05) is 13.3 Å². The minimum atomic E-state index is -5.16. The van der Waals surface area contributed by atoms with E-state index in [1.165, 1.54) is 0 Å². The van der Waals surface area contributed by atoms with Gasteiger partial charge in [0.25, 0.3) is 0 Å². The van der Waals surface area contributed by atoms with Gasteiger partial charge in [0.15, 0.2) is 0 Å². The summed E-state index contributed by atoms with van der Waals surface area (Å²) in [6, 6.07) is 0. The molecular formula is C5H10F3O4P. The molecule has 0 amide bonds. The lowest BCUT2D eigenvalue weighted by molar-refractivity contribution is -0.282. The molecule has 0 bridgehead atoms. The van der Waals surface area contributed by atoms with Crippen molar-refractivity contribution in [3.8, 4) is 0 Å². The molecule has 80 valence electrons. The van der Waals surface area contributed by atoms with Gasteiger partial charge in [-0.25, -0.2) is 4.57 Å². The molecule has 0 aliphatic heterocycles. The van der Waals surface area contributed by atoms with Gasteiger partial charge in [0.2, 0.25) is 0 Å². The first kappa shape index (κ1) is 12.9. The number of phosphoric acid groups is 1. The van der Waals surface area contributed by atoms with E-state index in [4.69, 9.17) is 4.89 Å². The van der Waals surface area contributed by atoms with Crippen LogP contribution in [0.3, 0.4) is 0 Å². The first-order valence-electron chi connectivity index (χ1n) is 3.51. The van der Waals surface area contributed by atoms with Crippen molar-refractivity contribution in [1.82, 2.24) is 0 Å². The predicted octanol–water partition coefficient (Wildman–Crippen LogP) is 2.44. The van der Waals surface area contributed by atoms with Crippen LogP contribution in [0.5, 0.6) is 0 Å². The Labute approximate surface area is 73.3 Å². The molecule has 0 aliphatic rings. The first-order valence-corrected chi connectivity index (χ1v) is 5.01. The molecule has 0 aromatic carbocycles. The Bertz CT molecular complexity index is 193. The van der Waals surface area contributed by atoms with Gasteiger partial charge < -0.3 is 4.89 Å². The van der Waals surface area contributed by atoms with Crippen molar-refractivity contribution in [2.24, 2.45) is 0 Å². The highest BCUT2D eigenvalue weighted by Crippen LogP contribution is 2.48. The minimum absolute atomic E-state index is 0.236. The zero-order valence-electron chi connectivity index (χ0n) is 6.87. The normalized spacial score (nSPS) is 17.0. The number of halogens is 3. The number of phosphoric ester groups is 1. The predicted molar refractivity (Wildman–Crippen MR) is 37.8 cm³/mol. The molecule has 0 rings (SSSR count). The Kier molecular flexibility index (Phi) is 4.91. The number of alkyl halides is 3. The van der Waals surface area contributed by atoms with Gasteiger partial charge in [-0.2, -0.15) is 4.52 Å². The Morgan fingerprint density at radius 1 is 1.46 bits per heavy atom. The van der Waals surface area contributed by atoms with Crippen molar-refractivity contribution in [2.45, 2.75) is 26.1 Å². The molecule has 0 saturated heterocycles. The second-order valence-electron chi connectivity index (χ2n) is 2.19. The molecule has 1 unspecified atom stereocenters. The first-order chi connectivity index (χ1) is 5.77. The SMILES string of the molecule is CCCCOP(=O)(O)OC(F)(F)F. The van der Waals surface area contributed by atoms with Crippen LogP contribution in [0.15, 0.2) is 0 Å². The lowest BCUT2D eigenvalue weighted by Crippen LogP contribution is -2.12. The van der Waals surface area contributed by atoms with Crippen LogP contribution in [0, 0.1) is 0 Å². The Balaban J connectivity index is 3.88. The van der Waals surface area contributed by atoms with Gasteiger partial charge in [0, 0.05) is 0 Å². The molecule has 0 radical (unpaired) electrons. The minimum Gasteiger partial charge on any atom is -0.302 e. The Morgan fingerprint density at radius 2 is 2.00 bits per heavy atom. The van der Waals surface area contributed by atoms with Crippen LogP contribution in [0.25, 0.3) is 0 Å². The van der Waals surface area contributed by atoms with Crippen LogP contribution in [-0.2, 0) is 13.6 Å². The van der Waals surface area contributed by atoms with Crippen LogP contribution in [0.4, 0.5) is 13.2 Å². The maximum Gasteiger partial charge on any atom is 0.531 e. The van der Waals surface area contributed by atoms with Gasteiger partial charge in [0.05, 0.1) is 6.61 Å². The largest absolute Gasteiger partial charge is 0.531 e. The van der Waals surface area contributed by atoms with Crippen molar-refractivity contribution < 1.29 is 31.7 Å². The van der Waals surface area contributed by atoms with E-state index >= 15 is 0 Å². The smallest absolute Gasteiger partial charge is 0.302 e. The maximum absolute atomic E-state index is 11.4. The number of hydrogen-bond donors (Lipinski definition) is 1. The van der Waals surface area contributed by atoms with E-state index < -0.39 is 14.2 Å². The summed E-state index contributed by atoms with van der Waals surface area (Å²) < 4.78 is 51.6. The van der Waals surface area contributed by atoms with Gasteiger partial charge in [-0.05, 0) is 6.42 Å². The molecule has 0 aromatic heterocycles. The number of rotatable bonds is 5. The zero-order chi connectivity index (χ0) is 10.5. The molecule has 13 heavy (non-hydrogen) atoms. The van der Waals surface area contributed by atoms with Crippen LogP contribution >= 0.6 is 7.82 Å². The highest BCUT2D eigenvalue weighted by molar-refractivity contribution is 7.47. The van der Waals surface area contributed by atoms with Crippen molar-refractivity contribution in [3.05, 3.63) is 0 Å². The van der Waals surface area contributed by atoms with Gasteiger partial charge >= 0.3 is 14.2 Å². The second-order valence-corrected chi connectivity index (χ2v) is 3.57. The summed E-state index contributed by atoms with van der Waals surface area (Å²) in [7, 11) is -4.97. The van der Waals surface area contributed by atoms with Crippen molar-refractivity contribution in [2.75, 3.05) is 6.61 Å². The van der Waals surface area contributed by atoms with E-state index in [1.54, 1.807) is 6.92 Å². The molecule has 0 spiro atoms. The van der Waals surface area contributed by atoms with E-state index in [-0.39, 0.29) is 6.61 Å². The van der Waals surface area contributed by atoms with Crippen molar-refractivity contribution in [1.29, 1.82) is 0 Å². The monoisotopic (exact) mass is 222 g/mol. The summed E-state index contributed by atoms with van der Waals surface area (Å²) in [6.07, 6.45) is -4.12. The van der Waals surface area contributed by atoms with E-state index in [0.717, 1.165) is 0 Å². The fourth-order valence-corrected chi connectivity index (χ4v) is 1.16. The second kappa shape index (κ2) is 4.95. The molecule has 0 aromatic rings. The van der Waals surface area contributed by atoms with Gasteiger partial charge in [0.1, 0.15) is 0 Å². The fourth-order valence-electron chi connectivity index (χ4n) is 0.481. The lowest BCUT2D eigenvalue weighted by Gasteiger charge is -2.12. The molecule has 0 fully saturated rings. The van der Waals surface area contributed by atoms with Crippen LogP contribution < -0.4 is 0 Å². The van der Waals surface area contributed by atoms with Crippen LogP contribution in [-0.4, -0.2) is 17.9 Å². The van der Waals surface area contributed by atoms with E-state index in [0.29, 0.717) is 12.8 Å². The molecule has 0 saturated carbocycles. The topological polar surface area (TPSA) is 55.8 Å². The summed E-state index contributed by atoms with van der Waals surface area (Å²) in [5.74, 6) is 0. The fraction of sp³-hybridized carbons (Fsp3) is 1.00. The average Bonchev–Trinajstić information content (AvgIpc) is 1.81. The third kappa shape index (κ3) is 8.24. The maximum atomic E-state index is 11.4. The summed E-state index contributed by atoms with van der Waals surface area (Å²) in [5.41, 5.74) is 0. The van der Waals surface area contributed by atoms with E-state index in [9.17, 15) is 17.7 Å². The quantitative estimate of drug-likeness (QED) is 0.573. The van der Waals surface area contributed by atoms with Crippen molar-refractivity contribution in [3.63, 3.8) is 0 Å². The molecule has 1 atom stereocenters. The standard InChI is InChI=1S/C5H10F3O4P/c1-2-3-4-11-13(9,10)12-5(6,7)8/h2-4H2,1H3,(H,9,10). The molecule has 1 N–H and O–H groups in total. The molecule has 0 heterocycles. The molecule has 0 aliphatic carbocycles. The Morgan fingerprint density at radius 3 is 2.38 bits per heavy atom. The van der Waals surface area contributed by atoms with E-state index in [2.05, 4.69) is 9.05 Å². The van der Waals surface area contributed by atoms with Crippen LogP contribution in [0.2, 0.25) is 0 Å². The lowest BCUT2D eigenvalue weighted by atomic mass is 10.4. The third-order valence-electron chi connectivity index (χ3n) is 0.971. The summed E-state index contributed by atoms with van der Waals surface area (Å²) >= 11 is 0. The van der Waals surface area contributed by atoms with E-state index in [1.807, 2.05) is 0 Å². The number of hydrogen-bond acceptors (Lipinski definition) is 3. The number of unbranched alkanes of at least 4 members (excludes halogenated alkanes) is 1. The van der Waals surface area contributed by atoms with Crippen LogP contribution in [0.1, 0.15) is 19.8 Å². The third-order valence-corrected chi connectivity index (χ3v) is 1.92. The summed E-state index contributed by atoms with van der Waals surface area (Å²) in [5, 5.41) is 0. The van der Waals surface area contributed by atoms with Gasteiger partial charge in [-0.3, -0.25) is 4.52 Å². The molecular weight excluding hydrogens is 212 g/mol. The van der Waals surface area contributed by atoms with Crippen molar-refractivity contribution >= 4 is 7.82 Å². The highest BCUT2D eigenvalue weighted by Gasteiger charge is 2.40. The van der Waals surface area contributed by atoms with Gasteiger partial charge in [-0.15, -0.1) is 13.2 Å². The zero-order valence-corrected chi connectivity index (χ0v) is 7.77. The summed E-state index contributed by atoms with van der Waals surface area (Å²) in [4.78, 5) is 8.47. The molecule has 8 heteroatoms. The average molecular weight is 222 g/mol. The Hall–Kier alpha value is -0.100. The highest BCUT2D eigenvalue weighted by atomic mass is 31.2.